The van der Waals surface area contributed by atoms with Crippen molar-refractivity contribution in [2.45, 2.75) is 6.92 Å². The Kier molecular flexibility index (Phi) is 6.85. The molecule has 0 aliphatic heterocycles. The van der Waals surface area contributed by atoms with Gasteiger partial charge in [0.15, 0.2) is 0 Å². The van der Waals surface area contributed by atoms with E-state index in [-0.39, 0.29) is 21.1 Å². The first-order valence-electron chi connectivity index (χ1n) is 2.64. The van der Waals surface area contributed by atoms with Crippen LogP contribution in [0.1, 0.15) is 5.56 Å². The van der Waals surface area contributed by atoms with Crippen molar-refractivity contribution in [1.29, 1.82) is 0 Å². The van der Waals surface area contributed by atoms with Gasteiger partial charge >= 0.3 is 0 Å². The van der Waals surface area contributed by atoms with Gasteiger partial charge in [0, 0.05) is 21.1 Å². The molecule has 0 unspecified atom stereocenters. The maximum Gasteiger partial charge on any atom is 0 e. The summed E-state index contributed by atoms with van der Waals surface area (Å²) in [4.78, 5) is 0. The van der Waals surface area contributed by atoms with Crippen LogP contribution in [0.5, 0.6) is 0 Å². The summed E-state index contributed by atoms with van der Waals surface area (Å²) in [5.74, 6) is 0. The van der Waals surface area contributed by atoms with Crippen LogP contribution in [-0.4, -0.2) is 0 Å². The molecule has 4 heteroatoms. The van der Waals surface area contributed by atoms with Crippen LogP contribution >= 0.6 is 67.8 Å². The van der Waals surface area contributed by atoms with Crippen LogP contribution in [0.2, 0.25) is 0 Å². The summed E-state index contributed by atoms with van der Waals surface area (Å²) in [6.45, 7) is 2.12. The summed E-state index contributed by atoms with van der Waals surface area (Å²) in [5.41, 5.74) is 1.33. The van der Waals surface area contributed by atoms with Gasteiger partial charge in [0.1, 0.15) is 0 Å². The standard InChI is InChI=1S/C7H4I3.W/c1-4-6(9)2-5(8)3-7(4)10;/h2H,1H3;/q-1;. The van der Waals surface area contributed by atoms with Gasteiger partial charge in [0.05, 0.1) is 0 Å². The molecule has 0 spiro atoms. The Labute approximate surface area is 122 Å². The summed E-state index contributed by atoms with van der Waals surface area (Å²) in [6.07, 6.45) is 0. The van der Waals surface area contributed by atoms with E-state index >= 15 is 0 Å². The average molecular weight is 653 g/mol. The van der Waals surface area contributed by atoms with Gasteiger partial charge in [-0.25, -0.2) is 0 Å². The topological polar surface area (TPSA) is 0 Å². The van der Waals surface area contributed by atoms with Gasteiger partial charge in [-0.05, 0) is 0 Å². The van der Waals surface area contributed by atoms with Crippen molar-refractivity contribution in [2.24, 2.45) is 0 Å². The molecule has 0 saturated heterocycles. The van der Waals surface area contributed by atoms with E-state index in [1.54, 1.807) is 0 Å². The largest absolute Gasteiger partial charge is 0.155 e. The van der Waals surface area contributed by atoms with E-state index in [1.807, 2.05) is 0 Å². The maximum atomic E-state index is 3.25. The monoisotopic (exact) mass is 653 g/mol. The van der Waals surface area contributed by atoms with Gasteiger partial charge in [-0.3, -0.25) is 0 Å². The van der Waals surface area contributed by atoms with Gasteiger partial charge in [0.25, 0.3) is 0 Å². The second-order valence-electron chi connectivity index (χ2n) is 1.90. The van der Waals surface area contributed by atoms with E-state index in [2.05, 4.69) is 86.8 Å². The Balaban J connectivity index is 0.000001000. The first-order valence-corrected chi connectivity index (χ1v) is 5.88. The fourth-order valence-corrected chi connectivity index (χ4v) is 3.93. The average Bonchev–Trinajstić information content (AvgIpc) is 1.82. The molecule has 0 aromatic heterocycles. The summed E-state index contributed by atoms with van der Waals surface area (Å²) >= 11 is 6.94. The number of benzene rings is 1. The molecule has 0 nitrogen and oxygen atoms in total. The molecule has 0 aliphatic rings. The molecular weight excluding hydrogens is 649 g/mol. The SMILES string of the molecule is Cc1c(I)[c-]c(I)cc1I.[W]. The Hall–Kier alpha value is 2.10. The van der Waals surface area contributed by atoms with Crippen molar-refractivity contribution in [2.75, 3.05) is 0 Å². The molecule has 1 rings (SSSR count). The second kappa shape index (κ2) is 5.75. The Morgan fingerprint density at radius 2 is 1.82 bits per heavy atom. The van der Waals surface area contributed by atoms with E-state index in [9.17, 15) is 0 Å². The Morgan fingerprint density at radius 3 is 2.27 bits per heavy atom. The molecular formula is C7H4I3W-. The Bertz CT molecular complexity index is 237. The molecule has 0 amide bonds. The van der Waals surface area contributed by atoms with Crippen molar-refractivity contribution >= 4 is 67.8 Å². The third kappa shape index (κ3) is 3.77. The molecule has 11 heavy (non-hydrogen) atoms. The summed E-state index contributed by atoms with van der Waals surface area (Å²) in [7, 11) is 0. The molecule has 0 N–H and O–H groups in total. The van der Waals surface area contributed by atoms with Crippen LogP contribution in [-0.2, 0) is 21.1 Å². The van der Waals surface area contributed by atoms with E-state index < -0.39 is 0 Å². The molecule has 0 fully saturated rings. The number of hydrogen-bond donors (Lipinski definition) is 0. The molecule has 60 valence electrons. The molecule has 1 aromatic carbocycles. The van der Waals surface area contributed by atoms with Gasteiger partial charge in [-0.1, -0.05) is 85.4 Å². The third-order valence-electron chi connectivity index (χ3n) is 1.17. The van der Waals surface area contributed by atoms with Crippen molar-refractivity contribution in [3.63, 3.8) is 0 Å². The third-order valence-corrected chi connectivity index (χ3v) is 3.95. The molecule has 0 bridgehead atoms. The number of halogens is 3. The van der Waals surface area contributed by atoms with Crippen molar-refractivity contribution in [3.05, 3.63) is 28.4 Å². The van der Waals surface area contributed by atoms with Crippen molar-refractivity contribution in [1.82, 2.24) is 0 Å². The second-order valence-corrected chi connectivity index (χ2v) is 5.31. The predicted octanol–water partition coefficient (Wildman–Crippen LogP) is 3.61. The zero-order valence-corrected chi connectivity index (χ0v) is 15.0. The zero-order valence-electron chi connectivity index (χ0n) is 5.62. The quantitative estimate of drug-likeness (QED) is 0.297. The van der Waals surface area contributed by atoms with Crippen LogP contribution in [0.25, 0.3) is 0 Å². The molecule has 0 heterocycles. The van der Waals surface area contributed by atoms with E-state index in [4.69, 9.17) is 0 Å². The van der Waals surface area contributed by atoms with Gasteiger partial charge in [-0.2, -0.15) is 6.07 Å². The molecule has 1 aromatic rings. The number of hydrogen-bond acceptors (Lipinski definition) is 0. The molecule has 0 saturated carbocycles. The fraction of sp³-hybridized carbons (Fsp3) is 0.143. The van der Waals surface area contributed by atoms with E-state index in [0.29, 0.717) is 0 Å². The first-order chi connectivity index (χ1) is 4.61. The normalized spacial score (nSPS) is 9.09. The molecule has 0 radical (unpaired) electrons. The Morgan fingerprint density at radius 1 is 1.27 bits per heavy atom. The van der Waals surface area contributed by atoms with Gasteiger partial charge in [0.2, 0.25) is 0 Å². The summed E-state index contributed by atoms with van der Waals surface area (Å²) in [5, 5.41) is 0. The van der Waals surface area contributed by atoms with Crippen molar-refractivity contribution < 1.29 is 21.1 Å². The van der Waals surface area contributed by atoms with Crippen LogP contribution in [0, 0.1) is 23.7 Å². The number of rotatable bonds is 0. The van der Waals surface area contributed by atoms with Crippen molar-refractivity contribution in [3.8, 4) is 0 Å². The minimum absolute atomic E-state index is 0. The van der Waals surface area contributed by atoms with Crippen LogP contribution in [0.15, 0.2) is 6.07 Å². The smallest absolute Gasteiger partial charge is 0 e. The minimum atomic E-state index is 0. The first kappa shape index (κ1) is 13.1. The summed E-state index contributed by atoms with van der Waals surface area (Å²) in [6, 6.07) is 5.39. The molecule has 0 aliphatic carbocycles. The van der Waals surface area contributed by atoms with E-state index in [1.165, 1.54) is 16.3 Å². The van der Waals surface area contributed by atoms with E-state index in [0.717, 1.165) is 0 Å². The van der Waals surface area contributed by atoms with Crippen LogP contribution in [0.4, 0.5) is 0 Å². The summed E-state index contributed by atoms with van der Waals surface area (Å²) < 4.78 is 3.75. The minimum Gasteiger partial charge on any atom is -0.155 e. The molecule has 0 atom stereocenters. The zero-order chi connectivity index (χ0) is 7.72. The van der Waals surface area contributed by atoms with Crippen LogP contribution < -0.4 is 0 Å². The fourth-order valence-electron chi connectivity index (χ4n) is 0.559. The van der Waals surface area contributed by atoms with Gasteiger partial charge < -0.3 is 0 Å². The predicted molar refractivity (Wildman–Crippen MR) is 68.2 cm³/mol. The van der Waals surface area contributed by atoms with Crippen LogP contribution in [0.3, 0.4) is 0 Å². The maximum absolute atomic E-state index is 3.25. The van der Waals surface area contributed by atoms with Gasteiger partial charge in [-0.15, -0.1) is 11.6 Å².